The zero-order chi connectivity index (χ0) is 17.9. The van der Waals surface area contributed by atoms with Crippen LogP contribution in [0, 0.1) is 0 Å². The molecule has 2 aromatic carbocycles. The summed E-state index contributed by atoms with van der Waals surface area (Å²) in [5.41, 5.74) is 9.59. The van der Waals surface area contributed by atoms with Gasteiger partial charge < -0.3 is 0 Å². The normalized spacial score (nSPS) is 15.9. The van der Waals surface area contributed by atoms with Gasteiger partial charge in [-0.05, 0) is 76.8 Å². The predicted octanol–water partition coefficient (Wildman–Crippen LogP) is 5.78. The molecule has 1 nitrogen and oxygen atoms in total. The van der Waals surface area contributed by atoms with E-state index >= 15 is 0 Å². The average Bonchev–Trinajstić information content (AvgIpc) is 3.03. The summed E-state index contributed by atoms with van der Waals surface area (Å²) in [7, 11) is 0. The van der Waals surface area contributed by atoms with Crippen molar-refractivity contribution in [2.45, 2.75) is 38.5 Å². The number of rotatable bonds is 5. The zero-order valence-electron chi connectivity index (χ0n) is 15.4. The second kappa shape index (κ2) is 7.29. The highest BCUT2D eigenvalue weighted by atomic mass is 14.6. The minimum atomic E-state index is 0.393. The topological polar surface area (TPSA) is 12.9 Å². The van der Waals surface area contributed by atoms with Crippen molar-refractivity contribution in [3.63, 3.8) is 0 Å². The van der Waals surface area contributed by atoms with Crippen LogP contribution in [0.25, 0.3) is 5.57 Å². The Labute approximate surface area is 156 Å². The molecule has 0 radical (unpaired) electrons. The van der Waals surface area contributed by atoms with E-state index in [4.69, 9.17) is 0 Å². The van der Waals surface area contributed by atoms with Gasteiger partial charge in [0, 0.05) is 18.3 Å². The minimum absolute atomic E-state index is 0.393. The van der Waals surface area contributed by atoms with E-state index in [0.29, 0.717) is 5.92 Å². The van der Waals surface area contributed by atoms with E-state index < -0.39 is 0 Å². The molecule has 1 heteroatoms. The van der Waals surface area contributed by atoms with Gasteiger partial charge in [-0.15, -0.1) is 0 Å². The third-order valence-corrected chi connectivity index (χ3v) is 5.60. The number of aryl methyl sites for hydroxylation is 3. The SMILES string of the molecule is C=C1c2ccc(CCc3ccc(CC)cc3)cc2CC1c1ccncc1. The quantitative estimate of drug-likeness (QED) is 0.574. The first-order chi connectivity index (χ1) is 12.7. The van der Waals surface area contributed by atoms with Crippen molar-refractivity contribution in [1.29, 1.82) is 0 Å². The first-order valence-electron chi connectivity index (χ1n) is 9.53. The number of hydrogen-bond acceptors (Lipinski definition) is 1. The third kappa shape index (κ3) is 3.35. The summed E-state index contributed by atoms with van der Waals surface area (Å²) in [4.78, 5) is 4.14. The summed E-state index contributed by atoms with van der Waals surface area (Å²) in [6.07, 6.45) is 8.09. The molecule has 1 heterocycles. The Bertz CT molecular complexity index is 907. The minimum Gasteiger partial charge on any atom is -0.265 e. The van der Waals surface area contributed by atoms with Crippen molar-refractivity contribution in [2.75, 3.05) is 0 Å². The predicted molar refractivity (Wildman–Crippen MR) is 109 cm³/mol. The Kier molecular flexibility index (Phi) is 4.71. The van der Waals surface area contributed by atoms with E-state index in [-0.39, 0.29) is 0 Å². The molecule has 4 rings (SSSR count). The van der Waals surface area contributed by atoms with Gasteiger partial charge in [0.05, 0.1) is 0 Å². The largest absolute Gasteiger partial charge is 0.265 e. The molecule has 0 N–H and O–H groups in total. The summed E-state index contributed by atoms with van der Waals surface area (Å²) in [5.74, 6) is 0.393. The Balaban J connectivity index is 1.48. The lowest BCUT2D eigenvalue weighted by molar-refractivity contribution is 0.890. The van der Waals surface area contributed by atoms with Gasteiger partial charge in [-0.3, -0.25) is 4.98 Å². The highest BCUT2D eigenvalue weighted by Gasteiger charge is 2.26. The molecule has 3 aromatic rings. The molecule has 1 aliphatic rings. The van der Waals surface area contributed by atoms with Crippen LogP contribution in [0.4, 0.5) is 0 Å². The first kappa shape index (κ1) is 16.8. The smallest absolute Gasteiger partial charge is 0.0270 e. The molecule has 0 saturated heterocycles. The van der Waals surface area contributed by atoms with E-state index in [9.17, 15) is 0 Å². The highest BCUT2D eigenvalue weighted by Crippen LogP contribution is 2.42. The van der Waals surface area contributed by atoms with Gasteiger partial charge >= 0.3 is 0 Å². The number of allylic oxidation sites excluding steroid dienone is 1. The number of fused-ring (bicyclic) bond motifs is 1. The third-order valence-electron chi connectivity index (χ3n) is 5.60. The summed E-state index contributed by atoms with van der Waals surface area (Å²) in [6.45, 7) is 6.57. The first-order valence-corrected chi connectivity index (χ1v) is 9.53. The van der Waals surface area contributed by atoms with Crippen molar-refractivity contribution >= 4 is 5.57 Å². The molecule has 1 atom stereocenters. The highest BCUT2D eigenvalue weighted by molar-refractivity contribution is 5.77. The summed E-state index contributed by atoms with van der Waals surface area (Å²) in [6, 6.07) is 20.2. The Morgan fingerprint density at radius 3 is 2.27 bits per heavy atom. The fourth-order valence-electron chi connectivity index (χ4n) is 3.96. The molecule has 0 fully saturated rings. The lowest BCUT2D eigenvalue weighted by atomic mass is 9.94. The van der Waals surface area contributed by atoms with Crippen molar-refractivity contribution < 1.29 is 0 Å². The summed E-state index contributed by atoms with van der Waals surface area (Å²) >= 11 is 0. The monoisotopic (exact) mass is 339 g/mol. The maximum absolute atomic E-state index is 4.37. The fraction of sp³-hybridized carbons (Fsp3) is 0.240. The van der Waals surface area contributed by atoms with E-state index in [0.717, 1.165) is 25.7 Å². The number of aromatic nitrogens is 1. The number of pyridine rings is 1. The van der Waals surface area contributed by atoms with Crippen molar-refractivity contribution in [3.8, 4) is 0 Å². The van der Waals surface area contributed by atoms with Crippen LogP contribution < -0.4 is 0 Å². The van der Waals surface area contributed by atoms with Gasteiger partial charge in [-0.25, -0.2) is 0 Å². The molecule has 0 saturated carbocycles. The van der Waals surface area contributed by atoms with Crippen LogP contribution in [-0.4, -0.2) is 4.98 Å². The molecule has 1 unspecified atom stereocenters. The molecule has 0 spiro atoms. The van der Waals surface area contributed by atoms with E-state index in [1.807, 2.05) is 12.4 Å². The van der Waals surface area contributed by atoms with Gasteiger partial charge in [0.2, 0.25) is 0 Å². The molecule has 0 amide bonds. The van der Waals surface area contributed by atoms with Crippen LogP contribution >= 0.6 is 0 Å². The van der Waals surface area contributed by atoms with Crippen molar-refractivity contribution in [2.24, 2.45) is 0 Å². The number of benzene rings is 2. The molecule has 130 valence electrons. The van der Waals surface area contributed by atoms with Crippen LogP contribution in [0.2, 0.25) is 0 Å². The summed E-state index contributed by atoms with van der Waals surface area (Å²) < 4.78 is 0. The van der Waals surface area contributed by atoms with Crippen LogP contribution in [0.3, 0.4) is 0 Å². The van der Waals surface area contributed by atoms with E-state index in [2.05, 4.69) is 73.1 Å². The lowest BCUT2D eigenvalue weighted by Crippen LogP contribution is -1.96. The molecule has 1 aromatic heterocycles. The van der Waals surface area contributed by atoms with Gasteiger partial charge in [0.15, 0.2) is 0 Å². The van der Waals surface area contributed by atoms with Crippen molar-refractivity contribution in [1.82, 2.24) is 4.98 Å². The second-order valence-electron chi connectivity index (χ2n) is 7.22. The van der Waals surface area contributed by atoms with Crippen LogP contribution in [0.1, 0.15) is 46.2 Å². The van der Waals surface area contributed by atoms with Crippen LogP contribution in [0.15, 0.2) is 73.6 Å². The van der Waals surface area contributed by atoms with Gasteiger partial charge in [0.25, 0.3) is 0 Å². The Morgan fingerprint density at radius 1 is 0.885 bits per heavy atom. The summed E-state index contributed by atoms with van der Waals surface area (Å²) in [5, 5.41) is 0. The van der Waals surface area contributed by atoms with E-state index in [1.54, 1.807) is 0 Å². The van der Waals surface area contributed by atoms with Crippen LogP contribution in [0.5, 0.6) is 0 Å². The molecule has 1 aliphatic carbocycles. The fourth-order valence-corrected chi connectivity index (χ4v) is 3.96. The molecular weight excluding hydrogens is 314 g/mol. The maximum Gasteiger partial charge on any atom is 0.0270 e. The molecule has 0 aliphatic heterocycles. The average molecular weight is 339 g/mol. The maximum atomic E-state index is 4.37. The van der Waals surface area contributed by atoms with Crippen LogP contribution in [-0.2, 0) is 25.7 Å². The Hall–Kier alpha value is -2.67. The molecule has 0 bridgehead atoms. The van der Waals surface area contributed by atoms with E-state index in [1.165, 1.54) is 39.0 Å². The number of hydrogen-bond donors (Lipinski definition) is 0. The van der Waals surface area contributed by atoms with Crippen molar-refractivity contribution in [3.05, 3.63) is 107 Å². The second-order valence-corrected chi connectivity index (χ2v) is 7.22. The zero-order valence-corrected chi connectivity index (χ0v) is 15.4. The van der Waals surface area contributed by atoms with Gasteiger partial charge in [-0.1, -0.05) is 56.0 Å². The van der Waals surface area contributed by atoms with Gasteiger partial charge in [-0.2, -0.15) is 0 Å². The van der Waals surface area contributed by atoms with Gasteiger partial charge in [0.1, 0.15) is 0 Å². The Morgan fingerprint density at radius 2 is 1.54 bits per heavy atom. The lowest BCUT2D eigenvalue weighted by Gasteiger charge is -2.10. The molecule has 26 heavy (non-hydrogen) atoms. The standard InChI is InChI=1S/C25H25N/c1-3-19-4-6-20(7-5-19)8-9-21-10-11-24-18(2)25(17-23(24)16-21)22-12-14-26-15-13-22/h4-7,10-16,25H,2-3,8-9,17H2,1H3. The number of nitrogens with zero attached hydrogens (tertiary/aromatic N) is 1. The molecular formula is C25H25N.